The van der Waals surface area contributed by atoms with E-state index < -0.39 is 26.0 Å². The van der Waals surface area contributed by atoms with Crippen molar-refractivity contribution in [2.45, 2.75) is 30.6 Å². The van der Waals surface area contributed by atoms with E-state index in [0.717, 1.165) is 26.2 Å². The van der Waals surface area contributed by atoms with Gasteiger partial charge in [-0.2, -0.15) is 0 Å². The lowest BCUT2D eigenvalue weighted by Gasteiger charge is -2.09. The Kier molecular flexibility index (Phi) is 9.97. The number of hydrogen-bond acceptors (Lipinski definition) is 8. The van der Waals surface area contributed by atoms with Crippen LogP contribution in [-0.4, -0.2) is 51.6 Å². The fourth-order valence-electron chi connectivity index (χ4n) is 6.29. The highest BCUT2D eigenvalue weighted by Crippen LogP contribution is 2.32. The number of carbonyl (C=O) groups is 2. The summed E-state index contributed by atoms with van der Waals surface area (Å²) in [7, 11) is -7.56. The lowest BCUT2D eigenvalue weighted by Crippen LogP contribution is -2.12. The van der Waals surface area contributed by atoms with Crippen LogP contribution in [0, 0.1) is 13.8 Å². The van der Waals surface area contributed by atoms with E-state index in [9.17, 15) is 31.5 Å². The number of ketones is 1. The highest BCUT2D eigenvalue weighted by molar-refractivity contribution is 7.90. The Balaban J connectivity index is 0.000000172. The lowest BCUT2D eigenvalue weighted by atomic mass is 10.0. The third-order valence-corrected chi connectivity index (χ3v) is 12.6. The molecule has 13 heteroatoms. The van der Waals surface area contributed by atoms with Crippen LogP contribution in [0.4, 0.5) is 0 Å². The van der Waals surface area contributed by atoms with Crippen molar-refractivity contribution in [3.8, 4) is 22.3 Å². The van der Waals surface area contributed by atoms with Crippen LogP contribution in [0.3, 0.4) is 0 Å². The van der Waals surface area contributed by atoms with Gasteiger partial charge in [-0.25, -0.2) is 39.5 Å². The summed E-state index contributed by atoms with van der Waals surface area (Å²) in [6, 6.07) is 34.1. The van der Waals surface area contributed by atoms with Gasteiger partial charge in [-0.05, 0) is 110 Å². The van der Waals surface area contributed by atoms with Gasteiger partial charge in [0.05, 0.1) is 15.4 Å². The lowest BCUT2D eigenvalue weighted by molar-refractivity contribution is 0.0696. The Hall–Kier alpha value is -6.70. The molecule has 56 heavy (non-hydrogen) atoms. The SMILES string of the molecule is CC(=O)c1cccc(-c2ccnc3c2ccn3S(=O)(=O)c2ccc(C)cc2)c1.Cc1ccc(S(=O)(=O)n2ccc3c(-c4cccc(C(=O)O)c4)ccnc32)cc1. The molecule has 4 heterocycles. The molecule has 0 unspecified atom stereocenters. The number of aromatic nitrogens is 4. The zero-order chi connectivity index (χ0) is 39.8. The van der Waals surface area contributed by atoms with Crippen molar-refractivity contribution in [3.05, 3.63) is 168 Å². The van der Waals surface area contributed by atoms with Crippen molar-refractivity contribution < 1.29 is 31.5 Å². The molecule has 0 fully saturated rings. The molecule has 4 aromatic heterocycles. The molecule has 0 amide bonds. The molecule has 0 saturated carbocycles. The third-order valence-electron chi connectivity index (χ3n) is 9.27. The zero-order valence-corrected chi connectivity index (χ0v) is 32.0. The minimum absolute atomic E-state index is 0.0216. The first-order chi connectivity index (χ1) is 26.8. The third kappa shape index (κ3) is 7.12. The van der Waals surface area contributed by atoms with Gasteiger partial charge >= 0.3 is 5.97 Å². The molecule has 0 radical (unpaired) electrons. The number of pyridine rings is 2. The number of aryl methyl sites for hydroxylation is 2. The van der Waals surface area contributed by atoms with Gasteiger partial charge in [-0.15, -0.1) is 0 Å². The van der Waals surface area contributed by atoms with Gasteiger partial charge in [0.25, 0.3) is 20.0 Å². The summed E-state index contributed by atoms with van der Waals surface area (Å²) in [5.41, 5.74) is 6.42. The molecule has 4 aromatic carbocycles. The van der Waals surface area contributed by atoms with Crippen molar-refractivity contribution in [2.24, 2.45) is 0 Å². The molecular formula is C43H34N4O7S2. The van der Waals surface area contributed by atoms with Crippen LogP contribution in [0.15, 0.2) is 156 Å². The Bertz CT molecular complexity index is 2820. The van der Waals surface area contributed by atoms with E-state index in [1.54, 1.807) is 97.2 Å². The number of Topliss-reactive ketones (excluding diaryl/α,β-unsaturated/α-hetero) is 1. The predicted molar refractivity (Wildman–Crippen MR) is 215 cm³/mol. The first-order valence-electron chi connectivity index (χ1n) is 17.3. The molecule has 0 aliphatic carbocycles. The van der Waals surface area contributed by atoms with Gasteiger partial charge in [0.15, 0.2) is 17.1 Å². The maximum atomic E-state index is 13.1. The number of benzene rings is 4. The van der Waals surface area contributed by atoms with Crippen molar-refractivity contribution in [1.29, 1.82) is 0 Å². The predicted octanol–water partition coefficient (Wildman–Crippen LogP) is 8.40. The monoisotopic (exact) mass is 782 g/mol. The first-order valence-corrected chi connectivity index (χ1v) is 20.2. The summed E-state index contributed by atoms with van der Waals surface area (Å²) < 4.78 is 54.6. The number of fused-ring (bicyclic) bond motifs is 2. The van der Waals surface area contributed by atoms with Crippen molar-refractivity contribution >= 4 is 53.9 Å². The van der Waals surface area contributed by atoms with Crippen molar-refractivity contribution in [2.75, 3.05) is 0 Å². The van der Waals surface area contributed by atoms with Crippen LogP contribution >= 0.6 is 0 Å². The summed E-state index contributed by atoms with van der Waals surface area (Å²) in [4.78, 5) is 31.9. The van der Waals surface area contributed by atoms with Gasteiger partial charge in [0, 0.05) is 41.1 Å². The Morgan fingerprint density at radius 2 is 0.964 bits per heavy atom. The van der Waals surface area contributed by atoms with Crippen LogP contribution in [0.25, 0.3) is 44.3 Å². The van der Waals surface area contributed by atoms with Crippen LogP contribution in [0.2, 0.25) is 0 Å². The van der Waals surface area contributed by atoms with E-state index >= 15 is 0 Å². The second-order valence-electron chi connectivity index (χ2n) is 13.1. The number of hydrogen-bond donors (Lipinski definition) is 1. The fraction of sp³-hybridized carbons (Fsp3) is 0.0698. The summed E-state index contributed by atoms with van der Waals surface area (Å²) in [5.74, 6) is -1.04. The van der Waals surface area contributed by atoms with Gasteiger partial charge in [0.2, 0.25) is 0 Å². The number of carboxylic acids is 1. The van der Waals surface area contributed by atoms with Gasteiger partial charge in [-0.3, -0.25) is 4.79 Å². The Morgan fingerprint density at radius 3 is 1.38 bits per heavy atom. The number of carbonyl (C=O) groups excluding carboxylic acids is 1. The van der Waals surface area contributed by atoms with E-state index in [1.165, 1.54) is 35.6 Å². The zero-order valence-electron chi connectivity index (χ0n) is 30.4. The first kappa shape index (κ1) is 37.6. The summed E-state index contributed by atoms with van der Waals surface area (Å²) in [6.45, 7) is 5.32. The summed E-state index contributed by atoms with van der Waals surface area (Å²) in [5, 5.41) is 10.6. The molecule has 8 rings (SSSR count). The molecular weight excluding hydrogens is 749 g/mol. The van der Waals surface area contributed by atoms with Gasteiger partial charge in [-0.1, -0.05) is 65.7 Å². The number of carboxylic acid groups (broad SMARTS) is 1. The number of nitrogens with zero attached hydrogens (tertiary/aromatic N) is 4. The smallest absolute Gasteiger partial charge is 0.335 e. The normalized spacial score (nSPS) is 11.6. The topological polar surface area (TPSA) is 158 Å². The van der Waals surface area contributed by atoms with E-state index in [0.29, 0.717) is 38.8 Å². The maximum Gasteiger partial charge on any atom is 0.335 e. The standard InChI is InChI=1S/C22H18N2O3S.C21H16N2O4S/c1-15-6-8-19(9-7-15)28(26,27)24-13-11-21-20(10-12-23-22(21)24)18-5-3-4-17(14-18)16(2)25;1-14-5-7-17(8-6-14)28(26,27)23-12-10-19-18(9-11-22-20(19)23)15-3-2-4-16(13-15)21(24)25/h3-14H,1-2H3;2-13H,1H3,(H,24,25). The van der Waals surface area contributed by atoms with Crippen molar-refractivity contribution in [3.63, 3.8) is 0 Å². The van der Waals surface area contributed by atoms with Crippen LogP contribution < -0.4 is 0 Å². The largest absolute Gasteiger partial charge is 0.478 e. The fourth-order valence-corrected chi connectivity index (χ4v) is 8.90. The van der Waals surface area contributed by atoms with Crippen LogP contribution in [0.1, 0.15) is 38.8 Å². The van der Waals surface area contributed by atoms with Crippen molar-refractivity contribution in [1.82, 2.24) is 17.9 Å². The Labute approximate surface area is 323 Å². The van der Waals surface area contributed by atoms with E-state index in [4.69, 9.17) is 0 Å². The minimum Gasteiger partial charge on any atom is -0.478 e. The molecule has 0 atom stereocenters. The maximum absolute atomic E-state index is 13.1. The van der Waals surface area contributed by atoms with Crippen LogP contribution in [0.5, 0.6) is 0 Å². The Morgan fingerprint density at radius 1 is 0.554 bits per heavy atom. The van der Waals surface area contributed by atoms with Gasteiger partial charge in [0.1, 0.15) is 0 Å². The molecule has 11 nitrogen and oxygen atoms in total. The molecule has 0 aliphatic rings. The minimum atomic E-state index is -3.80. The molecule has 8 aromatic rings. The number of rotatable bonds is 8. The highest BCUT2D eigenvalue weighted by Gasteiger charge is 2.22. The van der Waals surface area contributed by atoms with E-state index in [1.807, 2.05) is 38.1 Å². The summed E-state index contributed by atoms with van der Waals surface area (Å²) >= 11 is 0. The molecule has 0 aliphatic heterocycles. The number of aromatic carboxylic acids is 1. The van der Waals surface area contributed by atoms with E-state index in [-0.39, 0.29) is 21.1 Å². The van der Waals surface area contributed by atoms with Crippen LogP contribution in [-0.2, 0) is 20.0 Å². The average Bonchev–Trinajstić information content (AvgIpc) is 3.85. The molecule has 0 bridgehead atoms. The molecule has 280 valence electrons. The summed E-state index contributed by atoms with van der Waals surface area (Å²) in [6.07, 6.45) is 6.09. The molecule has 0 saturated heterocycles. The quantitative estimate of drug-likeness (QED) is 0.149. The average molecular weight is 783 g/mol. The van der Waals surface area contributed by atoms with E-state index in [2.05, 4.69) is 9.97 Å². The van der Waals surface area contributed by atoms with Gasteiger partial charge < -0.3 is 5.11 Å². The molecule has 1 N–H and O–H groups in total. The molecule has 0 spiro atoms. The second-order valence-corrected chi connectivity index (χ2v) is 16.7. The second kappa shape index (κ2) is 14.9. The highest BCUT2D eigenvalue weighted by atomic mass is 32.2.